The van der Waals surface area contributed by atoms with Crippen molar-refractivity contribution in [3.8, 4) is 0 Å². The number of rotatable bonds is 23. The average Bonchev–Trinajstić information content (AvgIpc) is 3.52. The number of aliphatic hydroxyl groups is 1. The molecule has 1 aliphatic heterocycles. The van der Waals surface area contributed by atoms with Gasteiger partial charge in [-0.2, -0.15) is 11.8 Å². The number of nitrogens with zero attached hydrogens (tertiary/aromatic N) is 2. The van der Waals surface area contributed by atoms with Crippen molar-refractivity contribution in [1.82, 2.24) is 31.5 Å². The highest BCUT2D eigenvalue weighted by atomic mass is 32.2. The fourth-order valence-corrected chi connectivity index (χ4v) is 5.58. The Balaban J connectivity index is 2.78. The van der Waals surface area contributed by atoms with Crippen LogP contribution in [-0.2, 0) is 33.6 Å². The van der Waals surface area contributed by atoms with Gasteiger partial charge >= 0.3 is 0 Å². The van der Waals surface area contributed by atoms with Gasteiger partial charge in [0.2, 0.25) is 41.4 Å². The van der Waals surface area contributed by atoms with E-state index in [1.54, 1.807) is 0 Å². The van der Waals surface area contributed by atoms with Gasteiger partial charge in [-0.15, -0.1) is 0 Å². The summed E-state index contributed by atoms with van der Waals surface area (Å²) < 4.78 is 0. The molecular formula is C29H51N9O8S. The first kappa shape index (κ1) is 41.1. The SMILES string of the molecule is CC(C)CC(=O)NCC(=O)N[C@@H](CSCCCC(=O)NCC(=O)NCC(N)=O)C(=O)N1CCC[C@H]1C(=O)N[C@@H](CO)CCCN=CN. The molecule has 0 spiro atoms. The van der Waals surface area contributed by atoms with Crippen LogP contribution in [0.25, 0.3) is 0 Å². The molecular weight excluding hydrogens is 634 g/mol. The zero-order chi connectivity index (χ0) is 35.2. The normalized spacial score (nSPS) is 15.6. The number of carbonyl (C=O) groups is 7. The zero-order valence-corrected chi connectivity index (χ0v) is 28.1. The van der Waals surface area contributed by atoms with Crippen LogP contribution in [0, 0.1) is 5.92 Å². The van der Waals surface area contributed by atoms with E-state index in [1.807, 2.05) is 13.8 Å². The second-order valence-corrected chi connectivity index (χ2v) is 12.6. The Hall–Kier alpha value is -3.93. The maximum absolute atomic E-state index is 13.7. The number of carbonyl (C=O) groups excluding carboxylic acids is 7. The number of amides is 7. The Labute approximate surface area is 279 Å². The first-order chi connectivity index (χ1) is 22.4. The third kappa shape index (κ3) is 18.1. The average molecular weight is 686 g/mol. The van der Waals surface area contributed by atoms with Crippen LogP contribution in [0.2, 0.25) is 0 Å². The van der Waals surface area contributed by atoms with Gasteiger partial charge in [-0.1, -0.05) is 13.8 Å². The van der Waals surface area contributed by atoms with E-state index in [0.29, 0.717) is 50.9 Å². The Morgan fingerprint density at radius 1 is 0.957 bits per heavy atom. The lowest BCUT2D eigenvalue weighted by molar-refractivity contribution is -0.141. The van der Waals surface area contributed by atoms with Crippen LogP contribution in [-0.4, -0.2) is 127 Å². The molecule has 0 aliphatic carbocycles. The number of hydrogen-bond donors (Lipinski definition) is 8. The molecule has 17 nitrogen and oxygen atoms in total. The monoisotopic (exact) mass is 685 g/mol. The van der Waals surface area contributed by atoms with Crippen LogP contribution < -0.4 is 38.1 Å². The molecule has 18 heteroatoms. The number of nitrogens with one attached hydrogen (secondary N) is 5. The molecule has 0 radical (unpaired) electrons. The molecule has 1 rings (SSSR count). The molecule has 0 bridgehead atoms. The fourth-order valence-electron chi connectivity index (χ4n) is 4.61. The molecule has 10 N–H and O–H groups in total. The van der Waals surface area contributed by atoms with E-state index in [2.05, 4.69) is 31.6 Å². The van der Waals surface area contributed by atoms with Gasteiger partial charge in [0.25, 0.3) is 0 Å². The van der Waals surface area contributed by atoms with Crippen LogP contribution in [0.1, 0.15) is 58.8 Å². The molecule has 0 unspecified atom stereocenters. The van der Waals surface area contributed by atoms with E-state index in [4.69, 9.17) is 11.5 Å². The van der Waals surface area contributed by atoms with E-state index in [1.165, 1.54) is 23.0 Å². The van der Waals surface area contributed by atoms with Crippen molar-refractivity contribution in [3.05, 3.63) is 0 Å². The van der Waals surface area contributed by atoms with Crippen molar-refractivity contribution in [2.45, 2.75) is 76.9 Å². The summed E-state index contributed by atoms with van der Waals surface area (Å²) >= 11 is 1.32. The van der Waals surface area contributed by atoms with Crippen molar-refractivity contribution < 1.29 is 38.7 Å². The third-order valence-corrected chi connectivity index (χ3v) is 8.05. The Morgan fingerprint density at radius 2 is 1.64 bits per heavy atom. The molecule has 47 heavy (non-hydrogen) atoms. The summed E-state index contributed by atoms with van der Waals surface area (Å²) in [6.07, 6.45) is 4.01. The number of nitrogens with two attached hydrogens (primary N) is 2. The van der Waals surface area contributed by atoms with E-state index in [-0.39, 0.29) is 62.6 Å². The molecule has 0 aromatic carbocycles. The van der Waals surface area contributed by atoms with Gasteiger partial charge in [-0.3, -0.25) is 38.6 Å². The summed E-state index contributed by atoms with van der Waals surface area (Å²) in [6.45, 7) is 3.28. The molecule has 1 saturated heterocycles. The number of primary amides is 1. The maximum atomic E-state index is 13.7. The lowest BCUT2D eigenvalue weighted by atomic mass is 10.1. The second-order valence-electron chi connectivity index (χ2n) is 11.5. The van der Waals surface area contributed by atoms with E-state index >= 15 is 0 Å². The van der Waals surface area contributed by atoms with Crippen LogP contribution in [0.4, 0.5) is 0 Å². The number of hydrogen-bond acceptors (Lipinski definition) is 10. The third-order valence-electron chi connectivity index (χ3n) is 6.91. The van der Waals surface area contributed by atoms with E-state index in [0.717, 1.165) is 0 Å². The lowest BCUT2D eigenvalue weighted by Crippen LogP contribution is -2.56. The minimum absolute atomic E-state index is 0.0991. The highest BCUT2D eigenvalue weighted by Gasteiger charge is 2.38. The molecule has 0 saturated carbocycles. The standard InChI is InChI=1S/C29H51N9O8S/c1-19(2)12-25(42)35-15-27(44)37-21(17-47-11-5-8-24(41)34-14-26(43)33-13-23(31)40)29(46)38-10-4-7-22(38)28(45)36-20(16-39)6-3-9-32-18-30/h18-22,39H,3-17H2,1-2H3,(H2,30,32)(H2,31,40)(H,33,43)(H,34,41)(H,35,42)(H,36,45)(H,37,44)/t20-,21+,22+/m1/s1. The zero-order valence-electron chi connectivity index (χ0n) is 27.3. The topological polar surface area (TPSA) is 268 Å². The molecule has 266 valence electrons. The van der Waals surface area contributed by atoms with Gasteiger partial charge in [0.05, 0.1) is 38.6 Å². The fraction of sp³-hybridized carbons (Fsp3) is 0.724. The minimum atomic E-state index is -1.01. The van der Waals surface area contributed by atoms with Gasteiger partial charge in [0.1, 0.15) is 12.1 Å². The first-order valence-electron chi connectivity index (χ1n) is 15.7. The van der Waals surface area contributed by atoms with Crippen LogP contribution in [0.5, 0.6) is 0 Å². The number of aliphatic hydroxyl groups excluding tert-OH is 1. The van der Waals surface area contributed by atoms with Gasteiger partial charge in [0.15, 0.2) is 0 Å². The molecule has 1 heterocycles. The summed E-state index contributed by atoms with van der Waals surface area (Å²) in [5.41, 5.74) is 10.2. The number of likely N-dealkylation sites (tertiary alicyclic amines) is 1. The molecule has 0 aromatic heterocycles. The highest BCUT2D eigenvalue weighted by Crippen LogP contribution is 2.20. The smallest absolute Gasteiger partial charge is 0.246 e. The van der Waals surface area contributed by atoms with Crippen molar-refractivity contribution in [3.63, 3.8) is 0 Å². The predicted octanol–water partition coefficient (Wildman–Crippen LogP) is -2.90. The Morgan fingerprint density at radius 3 is 2.30 bits per heavy atom. The quantitative estimate of drug-likeness (QED) is 0.0309. The van der Waals surface area contributed by atoms with Crippen molar-refractivity contribution >= 4 is 59.5 Å². The minimum Gasteiger partial charge on any atom is -0.394 e. The molecule has 3 atom stereocenters. The largest absolute Gasteiger partial charge is 0.394 e. The summed E-state index contributed by atoms with van der Waals surface area (Å²) in [4.78, 5) is 91.5. The number of thioether (sulfide) groups is 1. The van der Waals surface area contributed by atoms with Gasteiger partial charge < -0.3 is 48.1 Å². The van der Waals surface area contributed by atoms with Gasteiger partial charge in [-0.05, 0) is 43.8 Å². The first-order valence-corrected chi connectivity index (χ1v) is 16.9. The highest BCUT2D eigenvalue weighted by molar-refractivity contribution is 7.99. The van der Waals surface area contributed by atoms with E-state index < -0.39 is 47.7 Å². The molecule has 7 amide bonds. The van der Waals surface area contributed by atoms with Crippen molar-refractivity contribution in [2.24, 2.45) is 22.4 Å². The Kier molecular flexibility index (Phi) is 20.5. The Bertz CT molecular complexity index is 1090. The molecule has 1 aliphatic rings. The lowest BCUT2D eigenvalue weighted by Gasteiger charge is -2.29. The predicted molar refractivity (Wildman–Crippen MR) is 177 cm³/mol. The number of aliphatic imine (C=N–C) groups is 1. The maximum Gasteiger partial charge on any atom is 0.246 e. The van der Waals surface area contributed by atoms with Crippen LogP contribution in [0.3, 0.4) is 0 Å². The summed E-state index contributed by atoms with van der Waals surface area (Å²) in [6, 6.07) is -2.30. The summed E-state index contributed by atoms with van der Waals surface area (Å²) in [7, 11) is 0. The summed E-state index contributed by atoms with van der Waals surface area (Å²) in [5.74, 6) is -2.64. The van der Waals surface area contributed by atoms with Gasteiger partial charge in [0, 0.05) is 31.7 Å². The van der Waals surface area contributed by atoms with Crippen molar-refractivity contribution in [1.29, 1.82) is 0 Å². The van der Waals surface area contributed by atoms with E-state index in [9.17, 15) is 38.7 Å². The molecule has 1 fully saturated rings. The van der Waals surface area contributed by atoms with Crippen LogP contribution >= 0.6 is 11.8 Å². The summed E-state index contributed by atoms with van der Waals surface area (Å²) in [5, 5.41) is 22.5. The molecule has 0 aromatic rings. The van der Waals surface area contributed by atoms with Crippen molar-refractivity contribution in [2.75, 3.05) is 50.8 Å². The van der Waals surface area contributed by atoms with Crippen LogP contribution in [0.15, 0.2) is 4.99 Å². The van der Waals surface area contributed by atoms with Gasteiger partial charge in [-0.25, -0.2) is 0 Å². The second kappa shape index (κ2) is 23.4.